The third-order valence-corrected chi connectivity index (χ3v) is 9.09. The number of pyridine rings is 1. The Morgan fingerprint density at radius 1 is 0.851 bits per heavy atom. The molecule has 0 saturated carbocycles. The number of carbonyl (C=O) groups excluding carboxylic acids is 2. The minimum atomic E-state index is -0.393. The van der Waals surface area contributed by atoms with Crippen molar-refractivity contribution < 1.29 is 19.1 Å². The van der Waals surface area contributed by atoms with Crippen LogP contribution in [-0.2, 0) is 19.4 Å². The number of rotatable bonds is 10. The number of nitrogens with zero attached hydrogens (tertiary/aromatic N) is 2. The van der Waals surface area contributed by atoms with Crippen molar-refractivity contribution in [3.8, 4) is 11.5 Å². The molecule has 1 saturated heterocycles. The summed E-state index contributed by atoms with van der Waals surface area (Å²) >= 11 is 0. The highest BCUT2D eigenvalue weighted by atomic mass is 16.5. The number of benzene rings is 3. The predicted molar refractivity (Wildman–Crippen MR) is 184 cm³/mol. The van der Waals surface area contributed by atoms with Crippen molar-refractivity contribution in [2.45, 2.75) is 38.6 Å². The van der Waals surface area contributed by atoms with Crippen LogP contribution < -0.4 is 35.9 Å². The van der Waals surface area contributed by atoms with Gasteiger partial charge in [0.1, 0.15) is 0 Å². The summed E-state index contributed by atoms with van der Waals surface area (Å²) in [5.41, 5.74) is 5.78. The van der Waals surface area contributed by atoms with Crippen molar-refractivity contribution in [3.05, 3.63) is 112 Å². The number of anilines is 3. The van der Waals surface area contributed by atoms with Crippen LogP contribution in [-0.4, -0.2) is 50.4 Å². The van der Waals surface area contributed by atoms with Gasteiger partial charge in [0.25, 0.3) is 11.5 Å². The fourth-order valence-electron chi connectivity index (χ4n) is 6.71. The Balaban J connectivity index is 1.21. The fraction of sp³-hybridized carbons (Fsp3) is 0.324. The van der Waals surface area contributed by atoms with Gasteiger partial charge in [-0.2, -0.15) is 0 Å². The van der Waals surface area contributed by atoms with E-state index in [2.05, 4.69) is 27.8 Å². The number of hydrogen-bond donors (Lipinski definition) is 3. The van der Waals surface area contributed by atoms with E-state index in [1.165, 1.54) is 5.56 Å². The van der Waals surface area contributed by atoms with Crippen LogP contribution in [0.2, 0.25) is 0 Å². The van der Waals surface area contributed by atoms with E-state index >= 15 is 0 Å². The minimum Gasteiger partial charge on any atom is -0.493 e. The standard InChI is InChI=1S/C37H41N5O5/c1-4-24-8-12-29(13-9-24)39-37(45)40-30-20-27(36(44)38-17-16-25-10-15-33(46-2)34(19-25)47-3)11-14-32(30)41-21-26-18-28(23-41)31-6-5-7-35(43)42(31)22-26/h5-15,19-20,26,28H,4,16-18,21-23H2,1-3H3,(H,38,44)(H2,39,40,45). The Bertz CT molecular complexity index is 1820. The van der Waals surface area contributed by atoms with Gasteiger partial charge in [-0.05, 0) is 84.8 Å². The van der Waals surface area contributed by atoms with Crippen molar-refractivity contribution in [3.63, 3.8) is 0 Å². The molecule has 3 N–H and O–H groups in total. The molecule has 4 aromatic rings. The molecule has 3 amide bonds. The number of hydrogen-bond acceptors (Lipinski definition) is 6. The number of methoxy groups -OCH3 is 2. The summed E-state index contributed by atoms with van der Waals surface area (Å²) < 4.78 is 12.6. The third kappa shape index (κ3) is 7.11. The first-order valence-corrected chi connectivity index (χ1v) is 16.1. The molecule has 2 atom stereocenters. The molecule has 2 bridgehead atoms. The number of piperidine rings is 1. The maximum absolute atomic E-state index is 13.3. The van der Waals surface area contributed by atoms with Crippen molar-refractivity contribution in [1.29, 1.82) is 0 Å². The van der Waals surface area contributed by atoms with Gasteiger partial charge in [0.2, 0.25) is 0 Å². The van der Waals surface area contributed by atoms with Crippen molar-refractivity contribution in [2.24, 2.45) is 5.92 Å². The number of nitrogens with one attached hydrogen (secondary N) is 3. The Labute approximate surface area is 274 Å². The molecule has 1 aromatic heterocycles. The van der Waals surface area contributed by atoms with Gasteiger partial charge in [-0.25, -0.2) is 4.79 Å². The van der Waals surface area contributed by atoms with E-state index in [-0.39, 0.29) is 17.4 Å². The second-order valence-electron chi connectivity index (χ2n) is 12.2. The highest BCUT2D eigenvalue weighted by Crippen LogP contribution is 2.39. The predicted octanol–water partition coefficient (Wildman–Crippen LogP) is 5.67. The molecule has 3 aromatic carbocycles. The molecule has 2 aliphatic rings. The number of amides is 3. The lowest BCUT2D eigenvalue weighted by Gasteiger charge is -2.44. The van der Waals surface area contributed by atoms with E-state index in [4.69, 9.17) is 9.47 Å². The second-order valence-corrected chi connectivity index (χ2v) is 12.2. The lowest BCUT2D eigenvalue weighted by atomic mass is 9.83. The van der Waals surface area contributed by atoms with Gasteiger partial charge in [0.05, 0.1) is 25.6 Å². The lowest BCUT2D eigenvalue weighted by Crippen LogP contribution is -2.47. The number of aromatic nitrogens is 1. The monoisotopic (exact) mass is 635 g/mol. The van der Waals surface area contributed by atoms with Gasteiger partial charge >= 0.3 is 6.03 Å². The summed E-state index contributed by atoms with van der Waals surface area (Å²) in [7, 11) is 3.19. The van der Waals surface area contributed by atoms with Gasteiger partial charge in [0.15, 0.2) is 11.5 Å². The molecule has 6 rings (SSSR count). The molecule has 244 valence electrons. The van der Waals surface area contributed by atoms with Crippen LogP contribution >= 0.6 is 0 Å². The molecular weight excluding hydrogens is 594 g/mol. The van der Waals surface area contributed by atoms with E-state index in [1.807, 2.05) is 65.2 Å². The third-order valence-electron chi connectivity index (χ3n) is 9.09. The number of aryl methyl sites for hydroxylation is 1. The summed E-state index contributed by atoms with van der Waals surface area (Å²) in [6, 6.07) is 24.0. The molecule has 3 heterocycles. The molecule has 47 heavy (non-hydrogen) atoms. The molecular formula is C37H41N5O5. The molecule has 2 unspecified atom stereocenters. The first kappa shape index (κ1) is 31.7. The molecule has 2 aliphatic heterocycles. The Morgan fingerprint density at radius 3 is 2.40 bits per heavy atom. The van der Waals surface area contributed by atoms with Gasteiger partial charge in [0, 0.05) is 55.1 Å². The lowest BCUT2D eigenvalue weighted by molar-refractivity contribution is 0.0954. The molecule has 10 heteroatoms. The van der Waals surface area contributed by atoms with Crippen LogP contribution in [0.25, 0.3) is 0 Å². The zero-order valence-electron chi connectivity index (χ0n) is 27.0. The summed E-state index contributed by atoms with van der Waals surface area (Å²) in [4.78, 5) is 41.4. The molecule has 10 nitrogen and oxygen atoms in total. The van der Waals surface area contributed by atoms with E-state index < -0.39 is 6.03 Å². The average molecular weight is 636 g/mol. The first-order valence-electron chi connectivity index (χ1n) is 16.1. The zero-order valence-corrected chi connectivity index (χ0v) is 27.0. The highest BCUT2D eigenvalue weighted by Gasteiger charge is 2.35. The highest BCUT2D eigenvalue weighted by molar-refractivity contribution is 6.04. The normalized spacial score (nSPS) is 16.5. The molecule has 1 fully saturated rings. The van der Waals surface area contributed by atoms with Crippen LogP contribution in [0.4, 0.5) is 21.9 Å². The van der Waals surface area contributed by atoms with Crippen LogP contribution in [0.1, 0.15) is 46.4 Å². The van der Waals surface area contributed by atoms with E-state index in [0.717, 1.165) is 36.3 Å². The van der Waals surface area contributed by atoms with Crippen LogP contribution in [0.15, 0.2) is 83.7 Å². The molecule has 0 aliphatic carbocycles. The van der Waals surface area contributed by atoms with Crippen LogP contribution in [0.3, 0.4) is 0 Å². The SMILES string of the molecule is CCc1ccc(NC(=O)Nc2cc(C(=O)NCCc3ccc(OC)c(OC)c3)ccc2N2CC3CC(C2)c2cccc(=O)n2C3)cc1. The van der Waals surface area contributed by atoms with Crippen molar-refractivity contribution in [1.82, 2.24) is 9.88 Å². The average Bonchev–Trinajstić information content (AvgIpc) is 3.08. The number of carbonyl (C=O) groups is 2. The molecule has 0 spiro atoms. The minimum absolute atomic E-state index is 0.0399. The maximum Gasteiger partial charge on any atom is 0.323 e. The second kappa shape index (κ2) is 14.0. The van der Waals surface area contributed by atoms with Crippen molar-refractivity contribution >= 4 is 29.0 Å². The largest absolute Gasteiger partial charge is 0.493 e. The Morgan fingerprint density at radius 2 is 1.64 bits per heavy atom. The summed E-state index contributed by atoms with van der Waals surface area (Å²) in [6.45, 7) is 4.61. The van der Waals surface area contributed by atoms with E-state index in [0.29, 0.717) is 60.4 Å². The molecule has 0 radical (unpaired) electrons. The van der Waals surface area contributed by atoms with Gasteiger partial charge in [-0.1, -0.05) is 31.2 Å². The van der Waals surface area contributed by atoms with E-state index in [9.17, 15) is 14.4 Å². The van der Waals surface area contributed by atoms with Crippen LogP contribution in [0, 0.1) is 5.92 Å². The van der Waals surface area contributed by atoms with Crippen molar-refractivity contribution in [2.75, 3.05) is 49.4 Å². The smallest absolute Gasteiger partial charge is 0.323 e. The summed E-state index contributed by atoms with van der Waals surface area (Å²) in [6.07, 6.45) is 2.53. The van der Waals surface area contributed by atoms with Gasteiger partial charge in [-0.3, -0.25) is 9.59 Å². The van der Waals surface area contributed by atoms with Gasteiger partial charge in [-0.15, -0.1) is 0 Å². The quantitative estimate of drug-likeness (QED) is 0.207. The Kier molecular flexibility index (Phi) is 9.47. The fourth-order valence-corrected chi connectivity index (χ4v) is 6.71. The zero-order chi connectivity index (χ0) is 32.9. The summed E-state index contributed by atoms with van der Waals surface area (Å²) in [5.74, 6) is 1.53. The Hall–Kier alpha value is -5.25. The van der Waals surface area contributed by atoms with E-state index in [1.54, 1.807) is 32.4 Å². The topological polar surface area (TPSA) is 114 Å². The number of urea groups is 1. The summed E-state index contributed by atoms with van der Waals surface area (Å²) in [5, 5.41) is 8.96. The number of ether oxygens (including phenoxy) is 2. The van der Waals surface area contributed by atoms with Crippen LogP contribution in [0.5, 0.6) is 11.5 Å². The maximum atomic E-state index is 13.3. The van der Waals surface area contributed by atoms with Gasteiger partial charge < -0.3 is 34.9 Å². The number of fused-ring (bicyclic) bond motifs is 4. The first-order chi connectivity index (χ1) is 22.8.